The Balaban J connectivity index is 2.54. The Morgan fingerprint density at radius 2 is 2.00 bits per heavy atom. The van der Waals surface area contributed by atoms with Crippen molar-refractivity contribution in [2.45, 2.75) is 31.3 Å². The lowest BCUT2D eigenvalue weighted by atomic mass is 10.1. The number of pyridine rings is 1. The molecule has 0 radical (unpaired) electrons. The molecule has 3 amide bonds. The molecule has 0 spiro atoms. The number of carboxylic acids is 1. The minimum atomic E-state index is -1.11. The SMILES string of the molecule is CC(C)(C)NC(=O)NC(=O)CSc1ncccc1C(=O)O. The number of hydrogen-bond donors (Lipinski definition) is 3. The first-order valence-electron chi connectivity index (χ1n) is 6.12. The minimum absolute atomic E-state index is 0.0226. The van der Waals surface area contributed by atoms with Gasteiger partial charge < -0.3 is 10.4 Å². The van der Waals surface area contributed by atoms with Crippen LogP contribution >= 0.6 is 11.8 Å². The Kier molecular flexibility index (Phi) is 5.71. The van der Waals surface area contributed by atoms with E-state index < -0.39 is 23.4 Å². The van der Waals surface area contributed by atoms with E-state index in [2.05, 4.69) is 15.6 Å². The predicted molar refractivity (Wildman–Crippen MR) is 78.3 cm³/mol. The van der Waals surface area contributed by atoms with Gasteiger partial charge in [-0.1, -0.05) is 11.8 Å². The number of carboxylic acid groups (broad SMARTS) is 1. The van der Waals surface area contributed by atoms with Gasteiger partial charge in [-0.05, 0) is 32.9 Å². The molecule has 0 unspecified atom stereocenters. The third kappa shape index (κ3) is 6.26. The molecule has 0 aromatic carbocycles. The van der Waals surface area contributed by atoms with Crippen LogP contribution in [-0.4, -0.2) is 39.3 Å². The van der Waals surface area contributed by atoms with E-state index in [1.807, 2.05) is 0 Å². The molecular weight excluding hydrogens is 294 g/mol. The van der Waals surface area contributed by atoms with Crippen molar-refractivity contribution in [2.75, 3.05) is 5.75 Å². The average molecular weight is 311 g/mol. The zero-order valence-corrected chi connectivity index (χ0v) is 12.8. The van der Waals surface area contributed by atoms with Gasteiger partial charge in [0, 0.05) is 11.7 Å². The molecule has 0 aliphatic rings. The largest absolute Gasteiger partial charge is 0.478 e. The van der Waals surface area contributed by atoms with Crippen molar-refractivity contribution in [3.63, 3.8) is 0 Å². The maximum absolute atomic E-state index is 11.6. The fourth-order valence-electron chi connectivity index (χ4n) is 1.34. The normalized spacial score (nSPS) is 10.8. The van der Waals surface area contributed by atoms with Crippen LogP contribution in [0.5, 0.6) is 0 Å². The van der Waals surface area contributed by atoms with Gasteiger partial charge in [-0.15, -0.1) is 0 Å². The maximum Gasteiger partial charge on any atom is 0.338 e. The van der Waals surface area contributed by atoms with Crippen molar-refractivity contribution in [3.05, 3.63) is 23.9 Å². The van der Waals surface area contributed by atoms with Crippen LogP contribution < -0.4 is 10.6 Å². The van der Waals surface area contributed by atoms with Crippen LogP contribution in [0.15, 0.2) is 23.4 Å². The molecule has 0 bridgehead atoms. The van der Waals surface area contributed by atoms with Crippen molar-refractivity contribution in [2.24, 2.45) is 0 Å². The van der Waals surface area contributed by atoms with Crippen LogP contribution in [0.25, 0.3) is 0 Å². The van der Waals surface area contributed by atoms with Gasteiger partial charge in [-0.2, -0.15) is 0 Å². The van der Waals surface area contributed by atoms with Crippen LogP contribution in [0.1, 0.15) is 31.1 Å². The molecule has 0 aliphatic heterocycles. The Bertz CT molecular complexity index is 555. The van der Waals surface area contributed by atoms with E-state index in [4.69, 9.17) is 5.11 Å². The van der Waals surface area contributed by atoms with Crippen molar-refractivity contribution < 1.29 is 19.5 Å². The second-order valence-corrected chi connectivity index (χ2v) is 6.17. The van der Waals surface area contributed by atoms with Crippen LogP contribution in [0.4, 0.5) is 4.79 Å². The topological polar surface area (TPSA) is 108 Å². The van der Waals surface area contributed by atoms with Gasteiger partial charge in [0.15, 0.2) is 0 Å². The lowest BCUT2D eigenvalue weighted by Crippen LogP contribution is -2.48. The highest BCUT2D eigenvalue weighted by atomic mass is 32.2. The van der Waals surface area contributed by atoms with E-state index in [0.29, 0.717) is 0 Å². The number of carbonyl (C=O) groups excluding carboxylic acids is 2. The number of carbonyl (C=O) groups is 3. The molecule has 0 aliphatic carbocycles. The zero-order valence-electron chi connectivity index (χ0n) is 12.0. The fourth-order valence-corrected chi connectivity index (χ4v) is 2.12. The molecule has 21 heavy (non-hydrogen) atoms. The molecule has 114 valence electrons. The van der Waals surface area contributed by atoms with E-state index in [-0.39, 0.29) is 16.3 Å². The first-order valence-corrected chi connectivity index (χ1v) is 7.11. The molecule has 0 atom stereocenters. The number of imide groups is 1. The van der Waals surface area contributed by atoms with Crippen molar-refractivity contribution in [1.29, 1.82) is 0 Å². The first-order chi connectivity index (χ1) is 9.69. The summed E-state index contributed by atoms with van der Waals surface area (Å²) in [5.41, 5.74) is -0.427. The second-order valence-electron chi connectivity index (χ2n) is 5.20. The van der Waals surface area contributed by atoms with E-state index in [9.17, 15) is 14.4 Å². The fraction of sp³-hybridized carbons (Fsp3) is 0.385. The monoisotopic (exact) mass is 311 g/mol. The maximum atomic E-state index is 11.6. The summed E-state index contributed by atoms with van der Waals surface area (Å²) in [5.74, 6) is -1.74. The summed E-state index contributed by atoms with van der Waals surface area (Å²) in [6.45, 7) is 5.37. The molecule has 1 aromatic rings. The zero-order chi connectivity index (χ0) is 16.0. The van der Waals surface area contributed by atoms with Gasteiger partial charge in [-0.3, -0.25) is 10.1 Å². The smallest absolute Gasteiger partial charge is 0.338 e. The number of nitrogens with zero attached hydrogens (tertiary/aromatic N) is 1. The molecule has 1 heterocycles. The third-order valence-electron chi connectivity index (χ3n) is 2.08. The number of aromatic carboxylic acids is 1. The molecule has 7 nitrogen and oxygen atoms in total. The van der Waals surface area contributed by atoms with Gasteiger partial charge in [0.25, 0.3) is 0 Å². The third-order valence-corrected chi connectivity index (χ3v) is 3.09. The number of aromatic nitrogens is 1. The van der Waals surface area contributed by atoms with Crippen LogP contribution in [0.3, 0.4) is 0 Å². The second kappa shape index (κ2) is 7.07. The van der Waals surface area contributed by atoms with Crippen LogP contribution in [0, 0.1) is 0 Å². The summed E-state index contributed by atoms with van der Waals surface area (Å²) < 4.78 is 0. The number of hydrogen-bond acceptors (Lipinski definition) is 5. The quantitative estimate of drug-likeness (QED) is 0.727. The minimum Gasteiger partial charge on any atom is -0.478 e. The van der Waals surface area contributed by atoms with E-state index in [1.165, 1.54) is 18.3 Å². The highest BCUT2D eigenvalue weighted by Gasteiger charge is 2.17. The molecule has 0 fully saturated rings. The number of amides is 3. The molecule has 1 aromatic heterocycles. The Hall–Kier alpha value is -2.09. The predicted octanol–water partition coefficient (Wildman–Crippen LogP) is 1.50. The Morgan fingerprint density at radius 1 is 1.33 bits per heavy atom. The molecule has 8 heteroatoms. The highest BCUT2D eigenvalue weighted by molar-refractivity contribution is 8.00. The molecule has 1 rings (SSSR count). The Morgan fingerprint density at radius 3 is 2.57 bits per heavy atom. The number of thioether (sulfide) groups is 1. The van der Waals surface area contributed by atoms with E-state index in [1.54, 1.807) is 20.8 Å². The van der Waals surface area contributed by atoms with Gasteiger partial charge in [0.1, 0.15) is 5.03 Å². The van der Waals surface area contributed by atoms with Crippen LogP contribution in [0.2, 0.25) is 0 Å². The number of nitrogens with one attached hydrogen (secondary N) is 2. The summed E-state index contributed by atoms with van der Waals surface area (Å²) in [6, 6.07) is 2.32. The molecule has 3 N–H and O–H groups in total. The first kappa shape index (κ1) is 17.0. The summed E-state index contributed by atoms with van der Waals surface area (Å²) in [4.78, 5) is 38.0. The van der Waals surface area contributed by atoms with Gasteiger partial charge in [0.05, 0.1) is 11.3 Å². The summed E-state index contributed by atoms with van der Waals surface area (Å²) in [7, 11) is 0. The van der Waals surface area contributed by atoms with Gasteiger partial charge in [-0.25, -0.2) is 14.6 Å². The average Bonchev–Trinajstić information content (AvgIpc) is 2.34. The summed E-state index contributed by atoms with van der Waals surface area (Å²) in [6.07, 6.45) is 1.44. The van der Waals surface area contributed by atoms with Crippen molar-refractivity contribution in [1.82, 2.24) is 15.6 Å². The van der Waals surface area contributed by atoms with Gasteiger partial charge >= 0.3 is 12.0 Å². The van der Waals surface area contributed by atoms with Crippen LogP contribution in [-0.2, 0) is 4.79 Å². The van der Waals surface area contributed by atoms with Gasteiger partial charge in [0.2, 0.25) is 5.91 Å². The Labute approximate surface area is 126 Å². The summed E-state index contributed by atoms with van der Waals surface area (Å²) >= 11 is 0.959. The lowest BCUT2D eigenvalue weighted by molar-refractivity contribution is -0.117. The molecule has 0 saturated heterocycles. The standard InChI is InChI=1S/C13H17N3O4S/c1-13(2,3)16-12(20)15-9(17)7-21-10-8(11(18)19)5-4-6-14-10/h4-6H,7H2,1-3H3,(H,18,19)(H2,15,16,17,20). The lowest BCUT2D eigenvalue weighted by Gasteiger charge is -2.20. The van der Waals surface area contributed by atoms with Crippen molar-refractivity contribution >= 4 is 29.7 Å². The number of rotatable bonds is 4. The number of urea groups is 1. The highest BCUT2D eigenvalue weighted by Crippen LogP contribution is 2.19. The van der Waals surface area contributed by atoms with E-state index in [0.717, 1.165) is 11.8 Å². The molecule has 0 saturated carbocycles. The van der Waals surface area contributed by atoms with E-state index >= 15 is 0 Å². The molecular formula is C13H17N3O4S. The summed E-state index contributed by atoms with van der Waals surface area (Å²) in [5, 5.41) is 14.0. The van der Waals surface area contributed by atoms with Crippen molar-refractivity contribution in [3.8, 4) is 0 Å².